The summed E-state index contributed by atoms with van der Waals surface area (Å²) < 4.78 is 0. The molecule has 1 atom stereocenters. The lowest BCUT2D eigenvalue weighted by Gasteiger charge is -2.10. The fourth-order valence-corrected chi connectivity index (χ4v) is 1.83. The van der Waals surface area contributed by atoms with E-state index in [0.29, 0.717) is 5.92 Å². The van der Waals surface area contributed by atoms with Crippen molar-refractivity contribution in [3.8, 4) is 0 Å². The van der Waals surface area contributed by atoms with Gasteiger partial charge in [-0.1, -0.05) is 27.2 Å². The summed E-state index contributed by atoms with van der Waals surface area (Å²) >= 11 is 0. The molecule has 0 amide bonds. The molecule has 1 N–H and O–H groups in total. The van der Waals surface area contributed by atoms with Crippen LogP contribution in [0.1, 0.15) is 40.0 Å². The number of non-ortho nitro benzene ring substituents is 1. The smallest absolute Gasteiger partial charge is 0.272 e. The number of nitrogens with zero attached hydrogens (tertiary/aromatic N) is 3. The van der Waals surface area contributed by atoms with Gasteiger partial charge in [-0.15, -0.1) is 0 Å². The lowest BCUT2D eigenvalue weighted by Crippen LogP contribution is -2.07. The SMILES string of the molecule is CCC(CC(C)CC)=NNc1ccc([N+](=O)[O-])cc1[N+](=O)[O-]. The summed E-state index contributed by atoms with van der Waals surface area (Å²) in [5.74, 6) is 0.479. The summed E-state index contributed by atoms with van der Waals surface area (Å²) in [5.41, 5.74) is 3.03. The first-order chi connectivity index (χ1) is 10.4. The molecule has 8 heteroatoms. The van der Waals surface area contributed by atoms with Crippen molar-refractivity contribution in [1.29, 1.82) is 0 Å². The van der Waals surface area contributed by atoms with Crippen LogP contribution in [0.5, 0.6) is 0 Å². The van der Waals surface area contributed by atoms with E-state index in [1.54, 1.807) is 0 Å². The van der Waals surface area contributed by atoms with Crippen molar-refractivity contribution in [2.45, 2.75) is 40.0 Å². The van der Waals surface area contributed by atoms with Crippen molar-refractivity contribution < 1.29 is 9.85 Å². The monoisotopic (exact) mass is 308 g/mol. The molecule has 0 aliphatic carbocycles. The average molecular weight is 308 g/mol. The molecule has 1 unspecified atom stereocenters. The number of benzene rings is 1. The molecular formula is C14H20N4O4. The predicted octanol–water partition coefficient (Wildman–Crippen LogP) is 4.12. The van der Waals surface area contributed by atoms with Crippen LogP contribution in [0.2, 0.25) is 0 Å². The number of nitrogens with one attached hydrogen (secondary N) is 1. The summed E-state index contributed by atoms with van der Waals surface area (Å²) in [7, 11) is 0. The van der Waals surface area contributed by atoms with E-state index in [9.17, 15) is 20.2 Å². The number of hydrazone groups is 1. The standard InChI is InChI=1S/C14H20N4O4/c1-4-10(3)8-11(5-2)15-16-13-7-6-12(17(19)20)9-14(13)18(21)22/h6-7,9-10,16H,4-5,8H2,1-3H3. The molecule has 0 spiro atoms. The van der Waals surface area contributed by atoms with E-state index >= 15 is 0 Å². The number of anilines is 1. The fraction of sp³-hybridized carbons (Fsp3) is 0.500. The summed E-state index contributed by atoms with van der Waals surface area (Å²) in [6.07, 6.45) is 2.57. The summed E-state index contributed by atoms with van der Waals surface area (Å²) in [5, 5.41) is 25.9. The second kappa shape index (κ2) is 8.06. The molecular weight excluding hydrogens is 288 g/mol. The van der Waals surface area contributed by atoms with Crippen molar-refractivity contribution in [2.24, 2.45) is 11.0 Å². The highest BCUT2D eigenvalue weighted by Gasteiger charge is 2.19. The highest BCUT2D eigenvalue weighted by molar-refractivity contribution is 5.85. The molecule has 1 aromatic rings. The van der Waals surface area contributed by atoms with Crippen molar-refractivity contribution in [1.82, 2.24) is 0 Å². The Bertz CT molecular complexity index is 586. The number of nitro groups is 2. The topological polar surface area (TPSA) is 111 Å². The fourth-order valence-electron chi connectivity index (χ4n) is 1.83. The molecule has 120 valence electrons. The van der Waals surface area contributed by atoms with E-state index in [1.165, 1.54) is 12.1 Å². The van der Waals surface area contributed by atoms with Crippen LogP contribution in [0.3, 0.4) is 0 Å². The number of nitro benzene ring substituents is 2. The Labute approximate surface area is 128 Å². The van der Waals surface area contributed by atoms with Gasteiger partial charge in [0.2, 0.25) is 0 Å². The third-order valence-electron chi connectivity index (χ3n) is 3.41. The minimum atomic E-state index is -0.666. The molecule has 22 heavy (non-hydrogen) atoms. The summed E-state index contributed by atoms with van der Waals surface area (Å²) in [4.78, 5) is 20.4. The Balaban J connectivity index is 3.01. The van der Waals surface area contributed by atoms with Crippen LogP contribution in [-0.2, 0) is 0 Å². The Hall–Kier alpha value is -2.51. The molecule has 0 aliphatic heterocycles. The minimum absolute atomic E-state index is 0.144. The zero-order chi connectivity index (χ0) is 16.7. The van der Waals surface area contributed by atoms with Gasteiger partial charge in [-0.25, -0.2) is 0 Å². The molecule has 8 nitrogen and oxygen atoms in total. The average Bonchev–Trinajstić information content (AvgIpc) is 2.50. The van der Waals surface area contributed by atoms with Crippen molar-refractivity contribution >= 4 is 22.8 Å². The van der Waals surface area contributed by atoms with Gasteiger partial charge in [0.25, 0.3) is 5.69 Å². The van der Waals surface area contributed by atoms with Gasteiger partial charge in [-0.2, -0.15) is 5.10 Å². The molecule has 1 aromatic carbocycles. The van der Waals surface area contributed by atoms with E-state index < -0.39 is 9.85 Å². The van der Waals surface area contributed by atoms with E-state index in [2.05, 4.69) is 24.4 Å². The molecule has 0 aliphatic rings. The van der Waals surface area contributed by atoms with Gasteiger partial charge in [-0.3, -0.25) is 25.7 Å². The van der Waals surface area contributed by atoms with Crippen LogP contribution < -0.4 is 5.43 Å². The van der Waals surface area contributed by atoms with Crippen LogP contribution in [0.4, 0.5) is 17.1 Å². The Kier molecular flexibility index (Phi) is 6.43. The molecule has 0 bridgehead atoms. The van der Waals surface area contributed by atoms with E-state index in [0.717, 1.165) is 31.0 Å². The lowest BCUT2D eigenvalue weighted by molar-refractivity contribution is -0.393. The third kappa shape index (κ3) is 4.80. The normalized spacial score (nSPS) is 12.8. The van der Waals surface area contributed by atoms with Gasteiger partial charge in [0.15, 0.2) is 0 Å². The van der Waals surface area contributed by atoms with Crippen molar-refractivity contribution in [3.05, 3.63) is 38.4 Å². The second-order valence-electron chi connectivity index (χ2n) is 5.08. The maximum absolute atomic E-state index is 11.0. The number of hydrogen-bond donors (Lipinski definition) is 1. The van der Waals surface area contributed by atoms with Crippen LogP contribution in [0, 0.1) is 26.1 Å². The zero-order valence-corrected chi connectivity index (χ0v) is 12.9. The first-order valence-electron chi connectivity index (χ1n) is 7.13. The van der Waals surface area contributed by atoms with Gasteiger partial charge >= 0.3 is 5.69 Å². The van der Waals surface area contributed by atoms with Gasteiger partial charge in [-0.05, 0) is 24.8 Å². The third-order valence-corrected chi connectivity index (χ3v) is 3.41. The first-order valence-corrected chi connectivity index (χ1v) is 7.13. The number of rotatable bonds is 8. The predicted molar refractivity (Wildman–Crippen MR) is 85.2 cm³/mol. The quantitative estimate of drug-likeness (QED) is 0.441. The van der Waals surface area contributed by atoms with Crippen LogP contribution in [-0.4, -0.2) is 15.6 Å². The molecule has 0 heterocycles. The van der Waals surface area contributed by atoms with Crippen molar-refractivity contribution in [3.63, 3.8) is 0 Å². The maximum Gasteiger partial charge on any atom is 0.301 e. The number of hydrogen-bond acceptors (Lipinski definition) is 6. The Morgan fingerprint density at radius 2 is 1.95 bits per heavy atom. The molecule has 0 saturated heterocycles. The molecule has 0 fully saturated rings. The van der Waals surface area contributed by atoms with Crippen LogP contribution in [0.25, 0.3) is 0 Å². The van der Waals surface area contributed by atoms with Crippen LogP contribution >= 0.6 is 0 Å². The first kappa shape index (κ1) is 17.5. The molecule has 0 radical (unpaired) electrons. The van der Waals surface area contributed by atoms with E-state index in [-0.39, 0.29) is 17.1 Å². The maximum atomic E-state index is 11.0. The van der Waals surface area contributed by atoms with Gasteiger partial charge in [0.1, 0.15) is 5.69 Å². The summed E-state index contributed by atoms with van der Waals surface area (Å²) in [6.45, 7) is 6.17. The Morgan fingerprint density at radius 1 is 1.27 bits per heavy atom. The molecule has 0 aromatic heterocycles. The van der Waals surface area contributed by atoms with Gasteiger partial charge in [0, 0.05) is 11.8 Å². The van der Waals surface area contributed by atoms with E-state index in [1.807, 2.05) is 6.92 Å². The van der Waals surface area contributed by atoms with E-state index in [4.69, 9.17) is 0 Å². The zero-order valence-electron chi connectivity index (χ0n) is 12.9. The summed E-state index contributed by atoms with van der Waals surface area (Å²) in [6, 6.07) is 3.44. The highest BCUT2D eigenvalue weighted by atomic mass is 16.6. The lowest BCUT2D eigenvalue weighted by atomic mass is 10.0. The second-order valence-corrected chi connectivity index (χ2v) is 5.08. The highest BCUT2D eigenvalue weighted by Crippen LogP contribution is 2.29. The van der Waals surface area contributed by atoms with Gasteiger partial charge < -0.3 is 0 Å². The molecule has 1 rings (SSSR count). The van der Waals surface area contributed by atoms with Crippen LogP contribution in [0.15, 0.2) is 23.3 Å². The minimum Gasteiger partial charge on any atom is -0.272 e. The largest absolute Gasteiger partial charge is 0.301 e. The molecule has 0 saturated carbocycles. The van der Waals surface area contributed by atoms with Crippen molar-refractivity contribution in [2.75, 3.05) is 5.43 Å². The van der Waals surface area contributed by atoms with Gasteiger partial charge in [0.05, 0.1) is 15.9 Å². The Morgan fingerprint density at radius 3 is 2.45 bits per heavy atom.